The van der Waals surface area contributed by atoms with Crippen LogP contribution in [-0.4, -0.2) is 75.4 Å². The zero-order chi connectivity index (χ0) is 31.1. The minimum Gasteiger partial charge on any atom is -0.489 e. The molecule has 3 aromatic rings. The molecule has 13 heteroatoms. The highest BCUT2D eigenvalue weighted by atomic mass is 79.9. The lowest BCUT2D eigenvalue weighted by Crippen LogP contribution is -2.54. The molecule has 2 unspecified atom stereocenters. The second kappa shape index (κ2) is 12.0. The first-order valence-corrected chi connectivity index (χ1v) is 15.1. The number of likely N-dealkylation sites (N-methyl/N-ethyl adjacent to an activating group) is 1. The molecule has 2 aromatic carbocycles. The molecule has 0 bridgehead atoms. The third kappa shape index (κ3) is 5.76. The molecular formula is C31H31BrN6O6. The van der Waals surface area contributed by atoms with E-state index in [2.05, 4.69) is 55.7 Å². The number of hydrogen-bond acceptors (Lipinski definition) is 9. The lowest BCUT2D eigenvalue weighted by Gasteiger charge is -2.37. The molecule has 0 radical (unpaired) electrons. The summed E-state index contributed by atoms with van der Waals surface area (Å²) in [4.78, 5) is 65.3. The van der Waals surface area contributed by atoms with Gasteiger partial charge in [-0.15, -0.1) is 0 Å². The molecule has 44 heavy (non-hydrogen) atoms. The molecular weight excluding hydrogens is 632 g/mol. The number of nitrogens with one attached hydrogen (secondary N) is 2. The molecule has 0 saturated carbocycles. The summed E-state index contributed by atoms with van der Waals surface area (Å²) in [7, 11) is 3.70. The van der Waals surface area contributed by atoms with E-state index in [9.17, 15) is 24.0 Å². The van der Waals surface area contributed by atoms with Gasteiger partial charge in [0.25, 0.3) is 17.4 Å². The van der Waals surface area contributed by atoms with Crippen molar-refractivity contribution in [1.82, 2.24) is 24.9 Å². The van der Waals surface area contributed by atoms with E-state index in [1.165, 1.54) is 22.4 Å². The largest absolute Gasteiger partial charge is 0.489 e. The number of hydrogen-bond donors (Lipinski definition) is 2. The Bertz CT molecular complexity index is 1720. The van der Waals surface area contributed by atoms with Gasteiger partial charge in [0.2, 0.25) is 11.8 Å². The Morgan fingerprint density at radius 1 is 1.00 bits per heavy atom. The van der Waals surface area contributed by atoms with Crippen molar-refractivity contribution in [3.8, 4) is 5.75 Å². The number of aromatic nitrogens is 2. The first kappa shape index (κ1) is 29.7. The number of rotatable bonds is 7. The van der Waals surface area contributed by atoms with Crippen LogP contribution in [-0.2, 0) is 23.2 Å². The number of amides is 4. The molecule has 12 nitrogen and oxygen atoms in total. The van der Waals surface area contributed by atoms with Crippen LogP contribution in [0.4, 0.5) is 5.69 Å². The van der Waals surface area contributed by atoms with Crippen LogP contribution in [0, 0.1) is 0 Å². The second-order valence-electron chi connectivity index (χ2n) is 11.5. The van der Waals surface area contributed by atoms with Gasteiger partial charge in [0.15, 0.2) is 0 Å². The molecule has 2 fully saturated rings. The highest BCUT2D eigenvalue weighted by Gasteiger charge is 2.44. The summed E-state index contributed by atoms with van der Waals surface area (Å²) in [6.07, 6.45) is 2.72. The van der Waals surface area contributed by atoms with Gasteiger partial charge >= 0.3 is 0 Å². The molecule has 4 heterocycles. The molecule has 0 spiro atoms. The standard InChI is InChI=1S/C31H31BrN6O6/c1-36-14-19(11-20(15-36)34-24-13-33-37(2)31(43)27(24)32)18-5-3-17(4-6-18)16-44-21-7-8-22-23(12-21)30(42)38(29(22)41)25-9-10-26(39)35-28(25)40/h3-8,12-13,19-20,25,34H,9-11,14-16H2,1-2H3,(H,35,39,40)/t19-,20?,25?/m0/s1. The average Bonchev–Trinajstić information content (AvgIpc) is 3.25. The fraction of sp³-hybridized carbons (Fsp3) is 0.355. The van der Waals surface area contributed by atoms with Crippen molar-refractivity contribution in [2.24, 2.45) is 7.05 Å². The van der Waals surface area contributed by atoms with Gasteiger partial charge in [-0.1, -0.05) is 24.3 Å². The van der Waals surface area contributed by atoms with Crippen LogP contribution < -0.4 is 20.9 Å². The Morgan fingerprint density at radius 2 is 1.75 bits per heavy atom. The van der Waals surface area contributed by atoms with E-state index in [0.717, 1.165) is 30.0 Å². The lowest BCUT2D eigenvalue weighted by molar-refractivity contribution is -0.136. The van der Waals surface area contributed by atoms with Crippen molar-refractivity contribution < 1.29 is 23.9 Å². The number of nitrogens with zero attached hydrogens (tertiary/aromatic N) is 4. The number of carbonyl (C=O) groups excluding carboxylic acids is 4. The van der Waals surface area contributed by atoms with E-state index in [-0.39, 0.29) is 48.1 Å². The molecule has 2 saturated heterocycles. The maximum Gasteiger partial charge on any atom is 0.282 e. The van der Waals surface area contributed by atoms with E-state index >= 15 is 0 Å². The van der Waals surface area contributed by atoms with Gasteiger partial charge in [-0.3, -0.25) is 34.2 Å². The molecule has 3 aliphatic rings. The Morgan fingerprint density at radius 3 is 2.50 bits per heavy atom. The molecule has 3 atom stereocenters. The summed E-state index contributed by atoms with van der Waals surface area (Å²) in [5, 5.41) is 9.81. The quantitative estimate of drug-likeness (QED) is 0.365. The molecule has 3 aliphatic heterocycles. The number of aryl methyl sites for hydroxylation is 1. The van der Waals surface area contributed by atoms with Gasteiger partial charge in [-0.05, 0) is 71.1 Å². The van der Waals surface area contributed by atoms with E-state index in [0.29, 0.717) is 15.9 Å². The average molecular weight is 664 g/mol. The van der Waals surface area contributed by atoms with Crippen molar-refractivity contribution in [2.45, 2.75) is 43.9 Å². The summed E-state index contributed by atoms with van der Waals surface area (Å²) in [6, 6.07) is 12.0. The monoisotopic (exact) mass is 662 g/mol. The molecule has 4 amide bonds. The van der Waals surface area contributed by atoms with Crippen molar-refractivity contribution in [3.63, 3.8) is 0 Å². The number of fused-ring (bicyclic) bond motifs is 1. The predicted molar refractivity (Wildman–Crippen MR) is 163 cm³/mol. The number of halogens is 1. The normalized spacial score (nSPS) is 22.2. The van der Waals surface area contributed by atoms with Crippen LogP contribution in [0.3, 0.4) is 0 Å². The van der Waals surface area contributed by atoms with E-state index in [1.54, 1.807) is 19.3 Å². The second-order valence-corrected chi connectivity index (χ2v) is 12.3. The third-order valence-electron chi connectivity index (χ3n) is 8.34. The van der Waals surface area contributed by atoms with Gasteiger partial charge < -0.3 is 15.0 Å². The SMILES string of the molecule is CN1CC(Nc2cnn(C)c(=O)c2Br)C[C@H](c2ccc(COc3ccc4c(c3)C(=O)N(C3CCC(=O)NC3=O)C4=O)cc2)C1. The summed E-state index contributed by atoms with van der Waals surface area (Å²) in [5.74, 6) is -1.47. The highest BCUT2D eigenvalue weighted by Crippen LogP contribution is 2.32. The smallest absolute Gasteiger partial charge is 0.282 e. The molecule has 2 N–H and O–H groups in total. The number of ether oxygens (including phenoxy) is 1. The summed E-state index contributed by atoms with van der Waals surface area (Å²) in [5.41, 5.74) is 3.01. The Balaban J connectivity index is 1.08. The number of benzene rings is 2. The van der Waals surface area contributed by atoms with E-state index < -0.39 is 29.7 Å². The maximum atomic E-state index is 13.1. The summed E-state index contributed by atoms with van der Waals surface area (Å²) in [6.45, 7) is 2.00. The van der Waals surface area contributed by atoms with Gasteiger partial charge in [0, 0.05) is 32.6 Å². The third-order valence-corrected chi connectivity index (χ3v) is 9.11. The molecule has 0 aliphatic carbocycles. The van der Waals surface area contributed by atoms with E-state index in [1.807, 2.05) is 12.1 Å². The van der Waals surface area contributed by atoms with Crippen molar-refractivity contribution in [3.05, 3.63) is 85.7 Å². The minimum absolute atomic E-state index is 0.0671. The number of likely N-dealkylation sites (tertiary alicyclic amines) is 1. The van der Waals surface area contributed by atoms with Crippen molar-refractivity contribution >= 4 is 45.2 Å². The zero-order valence-corrected chi connectivity index (χ0v) is 25.8. The fourth-order valence-electron chi connectivity index (χ4n) is 6.09. The van der Waals surface area contributed by atoms with Crippen LogP contribution in [0.15, 0.2) is 57.9 Å². The highest BCUT2D eigenvalue weighted by molar-refractivity contribution is 9.10. The van der Waals surface area contributed by atoms with Gasteiger partial charge in [-0.2, -0.15) is 5.10 Å². The van der Waals surface area contributed by atoms with Gasteiger partial charge in [0.05, 0.1) is 23.0 Å². The van der Waals surface area contributed by atoms with Gasteiger partial charge in [0.1, 0.15) is 22.9 Å². The number of carbonyl (C=O) groups is 4. The Labute approximate surface area is 261 Å². The summed E-state index contributed by atoms with van der Waals surface area (Å²) < 4.78 is 7.73. The first-order chi connectivity index (χ1) is 21.1. The van der Waals surface area contributed by atoms with Crippen molar-refractivity contribution in [1.29, 1.82) is 0 Å². The summed E-state index contributed by atoms with van der Waals surface area (Å²) >= 11 is 3.40. The van der Waals surface area contributed by atoms with Crippen LogP contribution in [0.5, 0.6) is 5.75 Å². The maximum absolute atomic E-state index is 13.1. The van der Waals surface area contributed by atoms with E-state index in [4.69, 9.17) is 4.74 Å². The van der Waals surface area contributed by atoms with Crippen LogP contribution in [0.2, 0.25) is 0 Å². The predicted octanol–water partition coefficient (Wildman–Crippen LogP) is 2.42. The number of anilines is 1. The Hall–Kier alpha value is -4.36. The number of piperidine rings is 2. The van der Waals surface area contributed by atoms with Crippen LogP contribution >= 0.6 is 15.9 Å². The molecule has 228 valence electrons. The zero-order valence-electron chi connectivity index (χ0n) is 24.2. The molecule has 1 aromatic heterocycles. The minimum atomic E-state index is -1.01. The topological polar surface area (TPSA) is 143 Å². The van der Waals surface area contributed by atoms with Crippen LogP contribution in [0.25, 0.3) is 0 Å². The Kier molecular flexibility index (Phi) is 8.08. The first-order valence-electron chi connectivity index (χ1n) is 14.3. The lowest BCUT2D eigenvalue weighted by atomic mass is 9.88. The van der Waals surface area contributed by atoms with Crippen molar-refractivity contribution in [2.75, 3.05) is 25.5 Å². The number of imide groups is 2. The fourth-order valence-corrected chi connectivity index (χ4v) is 6.56. The van der Waals surface area contributed by atoms with Crippen LogP contribution in [0.1, 0.15) is 57.0 Å². The molecule has 6 rings (SSSR count). The van der Waals surface area contributed by atoms with Gasteiger partial charge in [-0.25, -0.2) is 4.68 Å².